The summed E-state index contributed by atoms with van der Waals surface area (Å²) in [7, 11) is -1.42. The summed E-state index contributed by atoms with van der Waals surface area (Å²) in [4.78, 5) is 0. The van der Waals surface area contributed by atoms with Gasteiger partial charge < -0.3 is 11.2 Å². The Bertz CT molecular complexity index is 117. The average molecular weight is 5670 g/mol. The summed E-state index contributed by atoms with van der Waals surface area (Å²) in [6.45, 7) is 2.65. The first-order chi connectivity index (χ1) is 3.77. The summed E-state index contributed by atoms with van der Waals surface area (Å²) in [6.07, 6.45) is 0.787. The average Bonchev–Trinajstić information content (AvgIpc) is 1.66. The summed E-state index contributed by atoms with van der Waals surface area (Å²) in [5.74, 6) is 0. The van der Waals surface area contributed by atoms with Gasteiger partial charge in [0.25, 0.3) is 0 Å². The summed E-state index contributed by atoms with van der Waals surface area (Å²) in [5.41, 5.74) is 5.14. The summed E-state index contributed by atoms with van der Waals surface area (Å²) >= 11 is 0. The number of rotatable bonds is 4. The molecule has 0 aromatic carbocycles. The summed E-state index contributed by atoms with van der Waals surface area (Å²) in [5, 5.41) is 0. The third kappa shape index (κ3) is 478. The number of nitrogens with two attached hydrogens (primary N) is 1. The van der Waals surface area contributed by atoms with Crippen LogP contribution in [-0.4, -0.2) is 25.3 Å². The van der Waals surface area contributed by atoms with Crippen LogP contribution in [0.1, 0.15) is 6.42 Å². The molecule has 1 unspecified atom stereocenters. The molecule has 0 saturated carbocycles. The van der Waals surface area contributed by atoms with Gasteiger partial charge in [0.2, 0.25) is 0 Å². The van der Waals surface area contributed by atoms with Crippen molar-refractivity contribution < 1.29 is 2040 Å². The Labute approximate surface area is 2000 Å². The normalized spacial score (nSPS) is 1.30. The molecule has 0 aromatic heterocycles. The summed E-state index contributed by atoms with van der Waals surface area (Å²) < 4.78 is 14.9. The van der Waals surface area contributed by atoms with Gasteiger partial charge in [0.15, 0.2) is 6.66 Å². The molecule has 4 N–H and O–H groups in total. The van der Waals surface area contributed by atoms with Crippen molar-refractivity contribution in [2.45, 2.75) is 6.42 Å². The van der Waals surface area contributed by atoms with E-state index in [1.165, 1.54) is 6.66 Å². The van der Waals surface area contributed by atoms with Crippen LogP contribution in [0, 0.1) is 0 Å². The molecular formula is C4H13NO3PY62+. The molecular weight excluding hydrogens is 5650 g/mol. The van der Waals surface area contributed by atoms with Gasteiger partial charge in [-0.05, 0) is 17.5 Å². The monoisotopic (exact) mass is 5670 g/mol. The molecule has 4 nitrogen and oxygen atoms in total. The fraction of sp³-hybridized carbons (Fsp3) is 1.00. The quantitative estimate of drug-likeness (QED) is 0.312. The maximum atomic E-state index is 10.2. The molecule has 0 spiro atoms. The van der Waals surface area contributed by atoms with E-state index in [1.54, 1.807) is 0 Å². The van der Waals surface area contributed by atoms with Gasteiger partial charge in [-0.1, -0.05) is 0 Å². The van der Waals surface area contributed by atoms with E-state index in [0.717, 1.165) is 6.42 Å². The predicted octanol–water partition coefficient (Wildman–Crippen LogP) is -0.256. The topological polar surface area (TPSA) is 83.8 Å². The van der Waals surface area contributed by atoms with Crippen LogP contribution in [0.2, 0.25) is 0 Å². The molecule has 0 heterocycles. The second kappa shape index (κ2) is 460. The van der Waals surface area contributed by atoms with Crippen molar-refractivity contribution in [2.75, 3.05) is 19.8 Å². The molecule has 242 valence electrons. The Morgan fingerprint density at radius 3 is 0.338 bits per heavy atom. The molecule has 71 heavy (non-hydrogen) atoms. The molecule has 67 heteroatoms. The van der Waals surface area contributed by atoms with E-state index in [1.807, 2.05) is 0 Å². The molecule has 0 bridgehead atoms. The van der Waals surface area contributed by atoms with Crippen molar-refractivity contribution in [1.82, 2.24) is 0 Å². The van der Waals surface area contributed by atoms with Gasteiger partial charge in [0, 0.05) is 2030 Å². The van der Waals surface area contributed by atoms with Gasteiger partial charge in [-0.25, -0.2) is 0 Å². The zero-order valence-electron chi connectivity index (χ0n) is 41.3. The predicted molar refractivity (Wildman–Crippen MR) is 36.8 cm³/mol. The zero-order chi connectivity index (χ0) is 6.41. The van der Waals surface area contributed by atoms with E-state index in [0.29, 0.717) is 13.2 Å². The van der Waals surface area contributed by atoms with Crippen molar-refractivity contribution in [2.24, 2.45) is 5.73 Å². The molecule has 62 radical (unpaired) electrons. The van der Waals surface area contributed by atoms with E-state index in [-0.39, 0.29) is 2030 Å². The molecule has 0 aliphatic carbocycles. The van der Waals surface area contributed by atoms with Gasteiger partial charge in [-0.15, -0.1) is 4.52 Å². The maximum absolute atomic E-state index is 10.2. The Morgan fingerprint density at radius 1 is 0.225 bits per heavy atom. The van der Waals surface area contributed by atoms with Crippen LogP contribution in [0.3, 0.4) is 0 Å². The largest absolute Gasteiger partial charge is 0.504 e. The molecule has 0 aliphatic rings. The van der Waals surface area contributed by atoms with E-state index in [2.05, 4.69) is 0 Å². The van der Waals surface area contributed by atoms with Crippen LogP contribution in [0.4, 0.5) is 0 Å². The fourth-order valence-corrected chi connectivity index (χ4v) is 0.663. The van der Waals surface area contributed by atoms with Gasteiger partial charge in [0.1, 0.15) is 6.61 Å². The standard InChI is InChI=1S/C4H11NO2P.H2O.62Y/c1-8(6)7-4-2-3-5;;;;;;;;;;;;;;;;;;;;;;;;;;;;;;;;;;;;;;;;;;;;;;;;;;;;;;;;;;;;;;;/h2-5H2,1H3;1H2;;;;;;;;;;;;;;;;;;;;;;;;;;;;;;;;;;;;;;;;;;;;;;;;;;;;;;;;;;;;;;/q+1;;;;;;;;;;;;;;;;;;;;;;;;;;;;;;;;;;;;;;;;;;;;;;;;;;;;;;;;;;;;;;;. The first kappa shape index (κ1) is 470. The van der Waals surface area contributed by atoms with Crippen molar-refractivity contribution in [3.05, 3.63) is 0 Å². The van der Waals surface area contributed by atoms with Crippen LogP contribution in [0.5, 0.6) is 0 Å². The van der Waals surface area contributed by atoms with E-state index >= 15 is 0 Å². The minimum Gasteiger partial charge on any atom is -0.412 e. The van der Waals surface area contributed by atoms with Crippen molar-refractivity contribution in [1.29, 1.82) is 0 Å². The van der Waals surface area contributed by atoms with Gasteiger partial charge >= 0.3 is 8.03 Å². The molecule has 0 saturated heterocycles. The minimum atomic E-state index is -1.42. The van der Waals surface area contributed by atoms with Crippen LogP contribution >= 0.6 is 8.03 Å². The van der Waals surface area contributed by atoms with E-state index < -0.39 is 8.03 Å². The molecule has 0 aromatic rings. The Morgan fingerprint density at radius 2 is 0.296 bits per heavy atom. The number of hydrogen-bond acceptors (Lipinski definition) is 3. The smallest absolute Gasteiger partial charge is 0.412 e. The Hall–Kier alpha value is 68.4. The molecule has 1 atom stereocenters. The first-order valence-corrected chi connectivity index (χ1v) is 4.13. The summed E-state index contributed by atoms with van der Waals surface area (Å²) in [6, 6.07) is 0. The Kier molecular flexibility index (Phi) is 3040. The van der Waals surface area contributed by atoms with Gasteiger partial charge in [-0.3, -0.25) is 0 Å². The van der Waals surface area contributed by atoms with Crippen LogP contribution in [0.15, 0.2) is 0 Å². The SMILES string of the molecule is C[P+](=O)OCCCN.O.[Y].[Y].[Y].[Y].[Y].[Y].[Y].[Y].[Y].[Y].[Y].[Y].[Y].[Y].[Y].[Y].[Y].[Y].[Y].[Y].[Y].[Y].[Y].[Y].[Y].[Y].[Y].[Y].[Y].[Y].[Y].[Y].[Y].[Y].[Y].[Y].[Y].[Y].[Y].[Y].[Y].[Y].[Y].[Y].[Y].[Y].[Y].[Y].[Y].[Y].[Y].[Y].[Y].[Y].[Y].[Y].[Y].[Y].[Y].[Y].[Y].[Y]. The van der Waals surface area contributed by atoms with Crippen LogP contribution in [0.25, 0.3) is 0 Å². The van der Waals surface area contributed by atoms with Crippen LogP contribution < -0.4 is 5.73 Å². The number of hydrogen-bond donors (Lipinski definition) is 1. The van der Waals surface area contributed by atoms with Gasteiger partial charge in [0.05, 0.1) is 0 Å². The van der Waals surface area contributed by atoms with E-state index in [4.69, 9.17) is 10.3 Å². The Balaban J connectivity index is -0.000000000125. The first-order valence-electron chi connectivity index (χ1n) is 2.51. The minimum absolute atomic E-state index is 0. The molecule has 0 aliphatic heterocycles. The molecule has 0 fully saturated rings. The van der Waals surface area contributed by atoms with Crippen molar-refractivity contribution in [3.63, 3.8) is 0 Å². The molecule has 0 rings (SSSR count). The van der Waals surface area contributed by atoms with E-state index in [9.17, 15) is 4.57 Å². The van der Waals surface area contributed by atoms with Crippen molar-refractivity contribution in [3.8, 4) is 0 Å². The zero-order valence-corrected chi connectivity index (χ0v) is 218. The van der Waals surface area contributed by atoms with Crippen molar-refractivity contribution >= 4 is 8.03 Å². The maximum Gasteiger partial charge on any atom is 0.504 e. The molecule has 0 amide bonds. The van der Waals surface area contributed by atoms with Gasteiger partial charge in [-0.2, -0.15) is 0 Å². The van der Waals surface area contributed by atoms with Crippen LogP contribution in [-0.2, 0) is 2040 Å². The fourth-order valence-electron chi connectivity index (χ4n) is 0.276. The third-order valence-corrected chi connectivity index (χ3v) is 1.17. The second-order valence-corrected chi connectivity index (χ2v) is 2.55. The third-order valence-electron chi connectivity index (χ3n) is 0.622. The second-order valence-electron chi connectivity index (χ2n) is 1.42.